The van der Waals surface area contributed by atoms with Crippen LogP contribution in [0.1, 0.15) is 0 Å². The van der Waals surface area contributed by atoms with Gasteiger partial charge in [-0.1, -0.05) is 24.3 Å². The predicted molar refractivity (Wildman–Crippen MR) is 93.7 cm³/mol. The number of para-hydroxylation sites is 1. The van der Waals surface area contributed by atoms with Gasteiger partial charge in [0.25, 0.3) is 6.10 Å². The van der Waals surface area contributed by atoms with E-state index in [0.717, 1.165) is 5.82 Å². The number of likely N-dealkylation sites (N-methyl/N-ethyl adjacent to an activating group) is 1. The van der Waals surface area contributed by atoms with Crippen molar-refractivity contribution in [3.05, 3.63) is 54.7 Å². The van der Waals surface area contributed by atoms with Crippen LogP contribution in [0.25, 0.3) is 0 Å². The van der Waals surface area contributed by atoms with E-state index in [4.69, 9.17) is 4.74 Å². The highest BCUT2D eigenvalue weighted by Gasteiger charge is 2.28. The van der Waals surface area contributed by atoms with E-state index in [1.165, 1.54) is 0 Å². The smallest absolute Gasteiger partial charge is 0.352 e. The van der Waals surface area contributed by atoms with Crippen molar-refractivity contribution in [1.29, 1.82) is 0 Å². The molecule has 1 aromatic carbocycles. The number of carboxylic acid groups (broad SMARTS) is 1. The minimum atomic E-state index is -1.52. The number of hydrogen-bond donors (Lipinski definition) is 2. The van der Waals surface area contributed by atoms with E-state index in [9.17, 15) is 14.7 Å². The lowest BCUT2D eigenvalue weighted by molar-refractivity contribution is -0.150. The molecule has 0 aliphatic rings. The number of carbonyl (C=O) groups excluding carboxylic acids is 1. The van der Waals surface area contributed by atoms with Crippen LogP contribution in [-0.2, 0) is 9.59 Å². The summed E-state index contributed by atoms with van der Waals surface area (Å²) in [5.41, 5.74) is 0. The second kappa shape index (κ2) is 9.39. The summed E-state index contributed by atoms with van der Waals surface area (Å²) in [6.07, 6.45) is 0.169. The number of carboxylic acids is 1. The molecule has 0 bridgehead atoms. The van der Waals surface area contributed by atoms with Crippen molar-refractivity contribution in [3.8, 4) is 5.75 Å². The van der Waals surface area contributed by atoms with Crippen molar-refractivity contribution >= 4 is 17.6 Å². The maximum Gasteiger partial charge on any atom is 0.352 e. The van der Waals surface area contributed by atoms with Crippen molar-refractivity contribution in [3.63, 3.8) is 0 Å². The van der Waals surface area contributed by atoms with Gasteiger partial charge in [0.15, 0.2) is 5.78 Å². The first-order chi connectivity index (χ1) is 12.1. The summed E-state index contributed by atoms with van der Waals surface area (Å²) in [7, 11) is 1.75. The van der Waals surface area contributed by atoms with Crippen LogP contribution in [-0.4, -0.2) is 59.5 Å². The minimum absolute atomic E-state index is 0.0201. The molecule has 1 aromatic heterocycles. The van der Waals surface area contributed by atoms with Crippen LogP contribution in [0.15, 0.2) is 54.7 Å². The fourth-order valence-electron chi connectivity index (χ4n) is 2.16. The maximum atomic E-state index is 12.3. The first-order valence-corrected chi connectivity index (χ1v) is 7.87. The Hall–Kier alpha value is -2.93. The zero-order valence-corrected chi connectivity index (χ0v) is 14.0. The SMILES string of the molecule is CN(CCNc1ccccn1)CC(=O)C(Oc1ccccc1)C(=O)O. The molecule has 0 radical (unpaired) electrons. The second-order valence-electron chi connectivity index (χ2n) is 5.50. The number of anilines is 1. The quantitative estimate of drug-likeness (QED) is 0.632. The van der Waals surface area contributed by atoms with Gasteiger partial charge in [-0.25, -0.2) is 9.78 Å². The lowest BCUT2D eigenvalue weighted by Crippen LogP contribution is -2.42. The Morgan fingerprint density at radius 2 is 1.92 bits per heavy atom. The number of benzene rings is 1. The zero-order valence-electron chi connectivity index (χ0n) is 14.0. The third-order valence-corrected chi connectivity index (χ3v) is 3.40. The first kappa shape index (κ1) is 18.4. The lowest BCUT2D eigenvalue weighted by Gasteiger charge is -2.19. The average molecular weight is 343 g/mol. The predicted octanol–water partition coefficient (Wildman–Crippen LogP) is 1.53. The third-order valence-electron chi connectivity index (χ3n) is 3.40. The maximum absolute atomic E-state index is 12.3. The molecule has 0 saturated heterocycles. The summed E-state index contributed by atoms with van der Waals surface area (Å²) in [5, 5.41) is 12.4. The average Bonchev–Trinajstić information content (AvgIpc) is 2.61. The van der Waals surface area contributed by atoms with Crippen molar-refractivity contribution in [2.75, 3.05) is 32.0 Å². The number of rotatable bonds is 10. The number of hydrogen-bond acceptors (Lipinski definition) is 6. The molecule has 2 N–H and O–H groups in total. The van der Waals surface area contributed by atoms with Gasteiger partial charge in [-0.2, -0.15) is 0 Å². The highest BCUT2D eigenvalue weighted by molar-refractivity contribution is 6.02. The molecule has 1 atom stereocenters. The summed E-state index contributed by atoms with van der Waals surface area (Å²) in [4.78, 5) is 29.5. The van der Waals surface area contributed by atoms with Gasteiger partial charge in [-0.05, 0) is 31.3 Å². The second-order valence-corrected chi connectivity index (χ2v) is 5.50. The fourth-order valence-corrected chi connectivity index (χ4v) is 2.16. The van der Waals surface area contributed by atoms with E-state index in [-0.39, 0.29) is 6.54 Å². The summed E-state index contributed by atoms with van der Waals surface area (Å²) < 4.78 is 5.31. The van der Waals surface area contributed by atoms with E-state index in [0.29, 0.717) is 18.8 Å². The first-order valence-electron chi connectivity index (χ1n) is 7.87. The molecule has 1 heterocycles. The normalized spacial score (nSPS) is 11.8. The Labute approximate surface area is 146 Å². The van der Waals surface area contributed by atoms with E-state index in [1.807, 2.05) is 18.2 Å². The summed E-state index contributed by atoms with van der Waals surface area (Å²) in [6.45, 7) is 1.12. The molecular weight excluding hydrogens is 322 g/mol. The molecule has 7 nitrogen and oxygen atoms in total. The number of nitrogens with zero attached hydrogens (tertiary/aromatic N) is 2. The van der Waals surface area contributed by atoms with Crippen LogP contribution in [0, 0.1) is 0 Å². The number of Topliss-reactive ketones (excluding diaryl/α,β-unsaturated/α-hetero) is 1. The van der Waals surface area contributed by atoms with Crippen molar-refractivity contribution in [2.24, 2.45) is 0 Å². The molecule has 0 aliphatic heterocycles. The molecule has 1 unspecified atom stereocenters. The largest absolute Gasteiger partial charge is 0.478 e. The summed E-state index contributed by atoms with van der Waals surface area (Å²) in [5.74, 6) is -0.702. The van der Waals surface area contributed by atoms with E-state index in [2.05, 4.69) is 10.3 Å². The van der Waals surface area contributed by atoms with Crippen LogP contribution in [0.3, 0.4) is 0 Å². The molecule has 132 valence electrons. The van der Waals surface area contributed by atoms with Crippen LogP contribution in [0.5, 0.6) is 5.75 Å². The molecule has 0 fully saturated rings. The lowest BCUT2D eigenvalue weighted by atomic mass is 10.2. The molecule has 0 spiro atoms. The van der Waals surface area contributed by atoms with Gasteiger partial charge >= 0.3 is 5.97 Å². The Morgan fingerprint density at radius 3 is 2.56 bits per heavy atom. The molecule has 0 aliphatic carbocycles. The van der Waals surface area contributed by atoms with E-state index < -0.39 is 17.9 Å². The number of ether oxygens (including phenoxy) is 1. The molecular formula is C18H21N3O4. The molecule has 0 saturated carbocycles. The van der Waals surface area contributed by atoms with Crippen molar-refractivity contribution in [1.82, 2.24) is 9.88 Å². The van der Waals surface area contributed by atoms with E-state index >= 15 is 0 Å². The number of carbonyl (C=O) groups is 2. The topological polar surface area (TPSA) is 91.8 Å². The molecule has 0 amide bonds. The Morgan fingerprint density at radius 1 is 1.20 bits per heavy atom. The number of nitrogens with one attached hydrogen (secondary N) is 1. The van der Waals surface area contributed by atoms with Crippen LogP contribution in [0.2, 0.25) is 0 Å². The Kier molecular flexibility index (Phi) is 6.91. The van der Waals surface area contributed by atoms with Gasteiger partial charge < -0.3 is 15.2 Å². The van der Waals surface area contributed by atoms with Gasteiger partial charge in [0.05, 0.1) is 6.54 Å². The summed E-state index contributed by atoms with van der Waals surface area (Å²) in [6, 6.07) is 14.0. The van der Waals surface area contributed by atoms with Crippen LogP contribution >= 0.6 is 0 Å². The minimum Gasteiger partial charge on any atom is -0.478 e. The number of aromatic nitrogens is 1. The monoisotopic (exact) mass is 343 g/mol. The molecule has 2 rings (SSSR count). The van der Waals surface area contributed by atoms with Crippen molar-refractivity contribution < 1.29 is 19.4 Å². The molecule has 7 heteroatoms. The third kappa shape index (κ3) is 6.23. The van der Waals surface area contributed by atoms with Crippen LogP contribution < -0.4 is 10.1 Å². The number of pyridine rings is 1. The number of ketones is 1. The van der Waals surface area contributed by atoms with Crippen molar-refractivity contribution in [2.45, 2.75) is 6.10 Å². The van der Waals surface area contributed by atoms with Gasteiger partial charge in [-0.15, -0.1) is 0 Å². The number of aliphatic carboxylic acids is 1. The van der Waals surface area contributed by atoms with Crippen LogP contribution in [0.4, 0.5) is 5.82 Å². The fraction of sp³-hybridized carbons (Fsp3) is 0.278. The molecule has 2 aromatic rings. The van der Waals surface area contributed by atoms with Gasteiger partial charge in [0.1, 0.15) is 11.6 Å². The zero-order chi connectivity index (χ0) is 18.1. The Balaban J connectivity index is 1.82. The highest BCUT2D eigenvalue weighted by atomic mass is 16.5. The van der Waals surface area contributed by atoms with Gasteiger partial charge in [-0.3, -0.25) is 9.69 Å². The highest BCUT2D eigenvalue weighted by Crippen LogP contribution is 2.12. The molecule has 25 heavy (non-hydrogen) atoms. The summed E-state index contributed by atoms with van der Waals surface area (Å²) >= 11 is 0. The van der Waals surface area contributed by atoms with Gasteiger partial charge in [0.2, 0.25) is 0 Å². The van der Waals surface area contributed by atoms with E-state index in [1.54, 1.807) is 48.5 Å². The Bertz CT molecular complexity index is 679. The standard InChI is InChI=1S/C18H21N3O4/c1-21(12-11-20-16-9-5-6-10-19-16)13-15(22)17(18(23)24)25-14-7-3-2-4-8-14/h2-10,17H,11-13H2,1H3,(H,19,20)(H,23,24). The van der Waals surface area contributed by atoms with Gasteiger partial charge in [0, 0.05) is 19.3 Å².